The highest BCUT2D eigenvalue weighted by Crippen LogP contribution is 2.24. The summed E-state index contributed by atoms with van der Waals surface area (Å²) in [5.41, 5.74) is 9.18. The van der Waals surface area contributed by atoms with Gasteiger partial charge < -0.3 is 5.73 Å². The number of aryl methyl sites for hydroxylation is 1. The highest BCUT2D eigenvalue weighted by atomic mass is 19.1. The number of ketones is 1. The number of nitrogen functional groups attached to an aromatic ring is 1. The molecular formula is C20H17FN6O. The van der Waals surface area contributed by atoms with Crippen molar-refractivity contribution in [3.8, 4) is 11.4 Å². The molecule has 0 saturated heterocycles. The van der Waals surface area contributed by atoms with Crippen LogP contribution in [0.3, 0.4) is 0 Å². The number of benzene rings is 1. The first-order chi connectivity index (χ1) is 13.5. The molecule has 0 atom stereocenters. The average Bonchev–Trinajstić information content (AvgIpc) is 3.07. The van der Waals surface area contributed by atoms with Gasteiger partial charge in [-0.25, -0.2) is 18.9 Å². The van der Waals surface area contributed by atoms with Gasteiger partial charge in [-0.3, -0.25) is 4.79 Å². The van der Waals surface area contributed by atoms with Crippen LogP contribution in [0, 0.1) is 12.7 Å². The molecule has 7 nitrogen and oxygen atoms in total. The molecule has 0 aliphatic rings. The third-order valence-corrected chi connectivity index (χ3v) is 4.40. The summed E-state index contributed by atoms with van der Waals surface area (Å²) in [7, 11) is 0. The fraction of sp³-hybridized carbons (Fsp3) is 0.150. The van der Waals surface area contributed by atoms with Crippen LogP contribution in [0.4, 0.5) is 10.2 Å². The number of carbonyl (C=O) groups excluding carboxylic acids is 1. The first-order valence-electron chi connectivity index (χ1n) is 8.69. The fourth-order valence-electron chi connectivity index (χ4n) is 3.08. The van der Waals surface area contributed by atoms with E-state index in [1.165, 1.54) is 6.07 Å². The van der Waals surface area contributed by atoms with Crippen LogP contribution < -0.4 is 5.73 Å². The lowest BCUT2D eigenvalue weighted by atomic mass is 10.0. The van der Waals surface area contributed by atoms with Gasteiger partial charge in [-0.1, -0.05) is 22.9 Å². The van der Waals surface area contributed by atoms with Gasteiger partial charge in [0.05, 0.1) is 0 Å². The number of rotatable bonds is 5. The van der Waals surface area contributed by atoms with Crippen molar-refractivity contribution < 1.29 is 9.18 Å². The molecule has 2 N–H and O–H groups in total. The van der Waals surface area contributed by atoms with Crippen LogP contribution in [0.25, 0.3) is 16.9 Å². The Hall–Kier alpha value is -3.68. The second-order valence-electron chi connectivity index (χ2n) is 6.59. The molecule has 8 heteroatoms. The number of nitrogens with zero attached hydrogens (tertiary/aromatic N) is 5. The normalized spacial score (nSPS) is 11.1. The van der Waals surface area contributed by atoms with E-state index in [2.05, 4.69) is 20.3 Å². The molecule has 0 spiro atoms. The molecule has 28 heavy (non-hydrogen) atoms. The van der Waals surface area contributed by atoms with E-state index in [0.29, 0.717) is 33.8 Å². The monoisotopic (exact) mass is 376 g/mol. The molecule has 4 aromatic rings. The molecule has 0 aliphatic heterocycles. The van der Waals surface area contributed by atoms with Gasteiger partial charge >= 0.3 is 0 Å². The zero-order valence-electron chi connectivity index (χ0n) is 15.1. The van der Waals surface area contributed by atoms with E-state index in [-0.39, 0.29) is 24.4 Å². The summed E-state index contributed by atoms with van der Waals surface area (Å²) in [4.78, 5) is 21.0. The molecule has 0 unspecified atom stereocenters. The van der Waals surface area contributed by atoms with E-state index in [1.54, 1.807) is 41.3 Å². The van der Waals surface area contributed by atoms with Gasteiger partial charge in [0.25, 0.3) is 0 Å². The molecular weight excluding hydrogens is 359 g/mol. The highest BCUT2D eigenvalue weighted by molar-refractivity contribution is 5.84. The summed E-state index contributed by atoms with van der Waals surface area (Å²) in [6.07, 6.45) is 5.09. The zero-order valence-corrected chi connectivity index (χ0v) is 15.1. The molecule has 0 saturated carbocycles. The second kappa shape index (κ2) is 7.15. The molecule has 3 heterocycles. The van der Waals surface area contributed by atoms with Crippen molar-refractivity contribution in [2.75, 3.05) is 5.73 Å². The van der Waals surface area contributed by atoms with Crippen molar-refractivity contribution in [3.63, 3.8) is 0 Å². The summed E-state index contributed by atoms with van der Waals surface area (Å²) >= 11 is 0. The second-order valence-corrected chi connectivity index (χ2v) is 6.59. The predicted octanol–water partition coefficient (Wildman–Crippen LogP) is 2.57. The molecule has 1 aromatic carbocycles. The Bertz CT molecular complexity index is 1170. The van der Waals surface area contributed by atoms with Crippen molar-refractivity contribution in [2.24, 2.45) is 0 Å². The minimum atomic E-state index is -0.370. The van der Waals surface area contributed by atoms with E-state index in [9.17, 15) is 9.18 Å². The summed E-state index contributed by atoms with van der Waals surface area (Å²) < 4.78 is 15.4. The predicted molar refractivity (Wildman–Crippen MR) is 102 cm³/mol. The van der Waals surface area contributed by atoms with Crippen LogP contribution in [0.1, 0.15) is 16.7 Å². The third kappa shape index (κ3) is 3.44. The van der Waals surface area contributed by atoms with Crippen molar-refractivity contribution in [3.05, 3.63) is 71.4 Å². The lowest BCUT2D eigenvalue weighted by Gasteiger charge is -2.06. The first kappa shape index (κ1) is 17.7. The quantitative estimate of drug-likeness (QED) is 0.575. The summed E-state index contributed by atoms with van der Waals surface area (Å²) in [6, 6.07) is 8.38. The Morgan fingerprint density at radius 3 is 2.75 bits per heavy atom. The number of hydrogen-bond donors (Lipinski definition) is 1. The van der Waals surface area contributed by atoms with Gasteiger partial charge in [0.2, 0.25) is 0 Å². The van der Waals surface area contributed by atoms with Crippen LogP contribution in [-0.4, -0.2) is 30.6 Å². The van der Waals surface area contributed by atoms with E-state index in [1.807, 2.05) is 13.0 Å². The summed E-state index contributed by atoms with van der Waals surface area (Å²) in [5.74, 6) is 0.275. The standard InChI is InChI=1S/C20H17FN6O/c1-12-4-5-17(21)14(7-12)9-15(28)8-13-10-23-20(24-11-13)16-3-2-6-27-18(16)19(22)25-26-27/h2-7,10-11H,8-9,22H2,1H3. The minimum absolute atomic E-state index is 0.0343. The number of pyridine rings is 1. The number of carbonyl (C=O) groups is 1. The molecule has 0 radical (unpaired) electrons. The van der Waals surface area contributed by atoms with E-state index < -0.39 is 0 Å². The van der Waals surface area contributed by atoms with E-state index >= 15 is 0 Å². The molecule has 0 amide bonds. The first-order valence-corrected chi connectivity index (χ1v) is 8.69. The maximum Gasteiger partial charge on any atom is 0.174 e. The molecule has 0 aliphatic carbocycles. The van der Waals surface area contributed by atoms with Gasteiger partial charge in [0.1, 0.15) is 17.1 Å². The SMILES string of the molecule is Cc1ccc(F)c(CC(=O)Cc2cnc(-c3cccn4nnc(N)c34)nc2)c1. The molecule has 0 bridgehead atoms. The van der Waals surface area contributed by atoms with Crippen LogP contribution in [0.5, 0.6) is 0 Å². The summed E-state index contributed by atoms with van der Waals surface area (Å²) in [6.45, 7) is 1.86. The summed E-state index contributed by atoms with van der Waals surface area (Å²) in [5, 5.41) is 7.78. The topological polar surface area (TPSA) is 99.1 Å². The Morgan fingerprint density at radius 2 is 1.96 bits per heavy atom. The molecule has 4 rings (SSSR count). The van der Waals surface area contributed by atoms with Crippen LogP contribution in [-0.2, 0) is 17.6 Å². The van der Waals surface area contributed by atoms with E-state index in [0.717, 1.165) is 5.56 Å². The third-order valence-electron chi connectivity index (χ3n) is 4.40. The van der Waals surface area contributed by atoms with Gasteiger partial charge in [0.15, 0.2) is 11.6 Å². The van der Waals surface area contributed by atoms with Crippen LogP contribution in [0.15, 0.2) is 48.9 Å². The van der Waals surface area contributed by atoms with Crippen molar-refractivity contribution >= 4 is 17.1 Å². The van der Waals surface area contributed by atoms with Crippen molar-refractivity contribution in [2.45, 2.75) is 19.8 Å². The number of halogens is 1. The number of Topliss-reactive ketones (excluding diaryl/α,β-unsaturated/α-hetero) is 1. The number of nitrogens with two attached hydrogens (primary N) is 1. The maximum atomic E-state index is 13.8. The van der Waals surface area contributed by atoms with Gasteiger partial charge in [-0.05, 0) is 36.2 Å². The van der Waals surface area contributed by atoms with Crippen molar-refractivity contribution in [1.29, 1.82) is 0 Å². The number of anilines is 1. The smallest absolute Gasteiger partial charge is 0.174 e. The zero-order chi connectivity index (χ0) is 19.7. The molecule has 3 aromatic heterocycles. The Balaban J connectivity index is 1.52. The van der Waals surface area contributed by atoms with Gasteiger partial charge in [0, 0.05) is 37.0 Å². The lowest BCUT2D eigenvalue weighted by Crippen LogP contribution is -2.09. The average molecular weight is 376 g/mol. The fourth-order valence-corrected chi connectivity index (χ4v) is 3.08. The Morgan fingerprint density at radius 1 is 1.18 bits per heavy atom. The van der Waals surface area contributed by atoms with Crippen molar-refractivity contribution in [1.82, 2.24) is 24.8 Å². The minimum Gasteiger partial charge on any atom is -0.380 e. The number of hydrogen-bond acceptors (Lipinski definition) is 6. The van der Waals surface area contributed by atoms with Gasteiger partial charge in [-0.15, -0.1) is 5.10 Å². The maximum absolute atomic E-state index is 13.8. The van der Waals surface area contributed by atoms with Crippen LogP contribution >= 0.6 is 0 Å². The highest BCUT2D eigenvalue weighted by Gasteiger charge is 2.13. The Labute approximate surface area is 160 Å². The number of aromatic nitrogens is 5. The largest absolute Gasteiger partial charge is 0.380 e. The number of fused-ring (bicyclic) bond motifs is 1. The lowest BCUT2D eigenvalue weighted by molar-refractivity contribution is -0.117. The van der Waals surface area contributed by atoms with Gasteiger partial charge in [-0.2, -0.15) is 0 Å². The van der Waals surface area contributed by atoms with E-state index in [4.69, 9.17) is 5.73 Å². The molecule has 140 valence electrons. The molecule has 0 fully saturated rings. The van der Waals surface area contributed by atoms with Crippen LogP contribution in [0.2, 0.25) is 0 Å². The Kier molecular flexibility index (Phi) is 4.52.